The van der Waals surface area contributed by atoms with E-state index in [1.807, 2.05) is 12.1 Å². The molecular formula is C27H30O4. The molecule has 31 heavy (non-hydrogen) atoms. The lowest BCUT2D eigenvalue weighted by Crippen LogP contribution is -2.07. The first-order valence-corrected chi connectivity index (χ1v) is 10.6. The van der Waals surface area contributed by atoms with Gasteiger partial charge in [0.15, 0.2) is 0 Å². The van der Waals surface area contributed by atoms with E-state index in [1.54, 1.807) is 19.1 Å². The van der Waals surface area contributed by atoms with Crippen LogP contribution in [0, 0.1) is 20.8 Å². The second-order valence-electron chi connectivity index (χ2n) is 7.98. The molecule has 0 saturated heterocycles. The fourth-order valence-corrected chi connectivity index (χ4v) is 3.69. The van der Waals surface area contributed by atoms with Gasteiger partial charge in [-0.25, -0.2) is 0 Å². The molecule has 0 radical (unpaired) electrons. The molecule has 162 valence electrons. The highest BCUT2D eigenvalue weighted by atomic mass is 16.5. The number of rotatable bonds is 9. The third-order valence-corrected chi connectivity index (χ3v) is 5.44. The van der Waals surface area contributed by atoms with Crippen molar-refractivity contribution in [1.82, 2.24) is 0 Å². The van der Waals surface area contributed by atoms with Crippen molar-refractivity contribution in [1.29, 1.82) is 0 Å². The summed E-state index contributed by atoms with van der Waals surface area (Å²) in [6.07, 6.45) is 1.07. The van der Waals surface area contributed by atoms with Crippen LogP contribution in [0.3, 0.4) is 0 Å². The normalized spacial score (nSPS) is 11.8. The molecule has 0 aliphatic carbocycles. The zero-order valence-electron chi connectivity index (χ0n) is 18.6. The molecular weight excluding hydrogens is 388 g/mol. The first kappa shape index (κ1) is 22.6. The minimum atomic E-state index is -0.364. The summed E-state index contributed by atoms with van der Waals surface area (Å²) in [5.41, 5.74) is 7.62. The summed E-state index contributed by atoms with van der Waals surface area (Å²) in [4.78, 5) is 10.8. The number of aldehydes is 1. The summed E-state index contributed by atoms with van der Waals surface area (Å²) in [7, 11) is 0. The molecule has 0 saturated carbocycles. The Morgan fingerprint density at radius 3 is 2.23 bits per heavy atom. The number of hydrogen-bond donors (Lipinski definition) is 1. The average molecular weight is 419 g/mol. The summed E-state index contributed by atoms with van der Waals surface area (Å²) in [6.45, 7) is 9.04. The van der Waals surface area contributed by atoms with Crippen molar-refractivity contribution in [3.05, 3.63) is 82.4 Å². The predicted octanol–water partition coefficient (Wildman–Crippen LogP) is 5.82. The molecule has 3 aromatic carbocycles. The van der Waals surface area contributed by atoms with Crippen molar-refractivity contribution >= 4 is 6.29 Å². The van der Waals surface area contributed by atoms with E-state index in [0.717, 1.165) is 34.5 Å². The lowest BCUT2D eigenvalue weighted by atomic mass is 9.90. The van der Waals surface area contributed by atoms with Gasteiger partial charge in [0.1, 0.15) is 24.4 Å². The minimum absolute atomic E-state index is 0.364. The Balaban J connectivity index is 1.80. The Morgan fingerprint density at radius 1 is 0.935 bits per heavy atom. The lowest BCUT2D eigenvalue weighted by molar-refractivity contribution is 0.112. The molecule has 0 aliphatic heterocycles. The van der Waals surface area contributed by atoms with Gasteiger partial charge < -0.3 is 14.6 Å². The van der Waals surface area contributed by atoms with Crippen LogP contribution >= 0.6 is 0 Å². The summed E-state index contributed by atoms with van der Waals surface area (Å²) in [5.74, 6) is 1.57. The maximum Gasteiger partial charge on any atom is 0.150 e. The summed E-state index contributed by atoms with van der Waals surface area (Å²) in [6, 6.07) is 17.5. The minimum Gasteiger partial charge on any atom is -0.493 e. The van der Waals surface area contributed by atoms with E-state index in [9.17, 15) is 9.90 Å². The SMILES string of the molecule is Cc1cc(OCC[C@@H](C)O)cc(C)c1-c1cccc(COc2ccc(C=O)cc2)c1C. The maximum atomic E-state index is 10.8. The van der Waals surface area contributed by atoms with Gasteiger partial charge >= 0.3 is 0 Å². The standard InChI is InChI=1S/C27H30O4/c1-18-14-25(30-13-12-20(3)29)15-19(2)27(18)26-7-5-6-23(21(26)4)17-31-24-10-8-22(16-28)9-11-24/h5-11,14-16,20,29H,12-13,17H2,1-4H3/t20-/m1/s1. The van der Waals surface area contributed by atoms with E-state index in [2.05, 4.69) is 51.1 Å². The number of hydrogen-bond acceptors (Lipinski definition) is 4. The third-order valence-electron chi connectivity index (χ3n) is 5.44. The van der Waals surface area contributed by atoms with Crippen molar-refractivity contribution in [3.8, 4) is 22.6 Å². The van der Waals surface area contributed by atoms with Crippen LogP contribution in [-0.4, -0.2) is 24.1 Å². The first-order chi connectivity index (χ1) is 14.9. The number of aliphatic hydroxyl groups is 1. The molecule has 3 aromatic rings. The Hall–Kier alpha value is -3.11. The number of benzene rings is 3. The monoisotopic (exact) mass is 418 g/mol. The molecule has 1 N–H and O–H groups in total. The van der Waals surface area contributed by atoms with Crippen LogP contribution in [0.25, 0.3) is 11.1 Å². The topological polar surface area (TPSA) is 55.8 Å². The second kappa shape index (κ2) is 10.3. The first-order valence-electron chi connectivity index (χ1n) is 10.6. The van der Waals surface area contributed by atoms with E-state index in [4.69, 9.17) is 9.47 Å². The van der Waals surface area contributed by atoms with Gasteiger partial charge in [0, 0.05) is 12.0 Å². The highest BCUT2D eigenvalue weighted by Gasteiger charge is 2.13. The van der Waals surface area contributed by atoms with Crippen LogP contribution in [0.5, 0.6) is 11.5 Å². The zero-order valence-corrected chi connectivity index (χ0v) is 18.6. The molecule has 4 heteroatoms. The highest BCUT2D eigenvalue weighted by Crippen LogP contribution is 2.34. The molecule has 0 amide bonds. The van der Waals surface area contributed by atoms with Crippen molar-refractivity contribution < 1.29 is 19.4 Å². The van der Waals surface area contributed by atoms with Crippen LogP contribution in [0.15, 0.2) is 54.6 Å². The van der Waals surface area contributed by atoms with Crippen molar-refractivity contribution in [2.75, 3.05) is 6.61 Å². The van der Waals surface area contributed by atoms with Gasteiger partial charge in [-0.2, -0.15) is 0 Å². The largest absolute Gasteiger partial charge is 0.493 e. The van der Waals surface area contributed by atoms with Crippen LogP contribution < -0.4 is 9.47 Å². The molecule has 3 rings (SSSR count). The number of ether oxygens (including phenoxy) is 2. The number of carbonyl (C=O) groups excluding carboxylic acids is 1. The number of aliphatic hydroxyl groups excluding tert-OH is 1. The summed E-state index contributed by atoms with van der Waals surface area (Å²) >= 11 is 0. The Morgan fingerprint density at radius 2 is 1.61 bits per heavy atom. The smallest absolute Gasteiger partial charge is 0.150 e. The second-order valence-corrected chi connectivity index (χ2v) is 7.98. The molecule has 0 unspecified atom stereocenters. The lowest BCUT2D eigenvalue weighted by Gasteiger charge is -2.18. The van der Waals surface area contributed by atoms with E-state index < -0.39 is 0 Å². The molecule has 0 aromatic heterocycles. The van der Waals surface area contributed by atoms with Gasteiger partial charge in [-0.3, -0.25) is 4.79 Å². The van der Waals surface area contributed by atoms with Crippen molar-refractivity contribution in [2.24, 2.45) is 0 Å². The van der Waals surface area contributed by atoms with Crippen LogP contribution in [0.4, 0.5) is 0 Å². The fourth-order valence-electron chi connectivity index (χ4n) is 3.69. The molecule has 4 nitrogen and oxygen atoms in total. The van der Waals surface area contributed by atoms with Crippen LogP contribution in [0.2, 0.25) is 0 Å². The Labute approximate surface area is 184 Å². The van der Waals surface area contributed by atoms with Crippen LogP contribution in [0.1, 0.15) is 46.0 Å². The number of carbonyl (C=O) groups is 1. The molecule has 0 spiro atoms. The van der Waals surface area contributed by atoms with Crippen molar-refractivity contribution in [3.63, 3.8) is 0 Å². The third kappa shape index (κ3) is 5.74. The van der Waals surface area contributed by atoms with Gasteiger partial charge in [-0.05, 0) is 97.5 Å². The molecule has 0 heterocycles. The molecule has 1 atom stereocenters. The molecule has 0 fully saturated rings. The van der Waals surface area contributed by atoms with E-state index >= 15 is 0 Å². The van der Waals surface area contributed by atoms with E-state index in [-0.39, 0.29) is 6.10 Å². The van der Waals surface area contributed by atoms with Gasteiger partial charge in [-0.1, -0.05) is 18.2 Å². The number of aryl methyl sites for hydroxylation is 2. The Kier molecular flexibility index (Phi) is 7.48. The van der Waals surface area contributed by atoms with Gasteiger partial charge in [0.05, 0.1) is 12.7 Å². The van der Waals surface area contributed by atoms with Crippen LogP contribution in [-0.2, 0) is 6.61 Å². The Bertz CT molecular complexity index is 1010. The summed E-state index contributed by atoms with van der Waals surface area (Å²) < 4.78 is 11.8. The van der Waals surface area contributed by atoms with Gasteiger partial charge in [-0.15, -0.1) is 0 Å². The van der Waals surface area contributed by atoms with Gasteiger partial charge in [0.25, 0.3) is 0 Å². The molecule has 0 bridgehead atoms. The van der Waals surface area contributed by atoms with Gasteiger partial charge in [0.2, 0.25) is 0 Å². The molecule has 0 aliphatic rings. The fraction of sp³-hybridized carbons (Fsp3) is 0.296. The quantitative estimate of drug-likeness (QED) is 0.445. The average Bonchev–Trinajstić information content (AvgIpc) is 2.73. The predicted molar refractivity (Wildman–Crippen MR) is 124 cm³/mol. The van der Waals surface area contributed by atoms with E-state index in [1.165, 1.54) is 16.7 Å². The van der Waals surface area contributed by atoms with E-state index in [0.29, 0.717) is 25.2 Å². The highest BCUT2D eigenvalue weighted by molar-refractivity contribution is 5.76. The van der Waals surface area contributed by atoms with Crippen molar-refractivity contribution in [2.45, 2.75) is 46.8 Å². The summed E-state index contributed by atoms with van der Waals surface area (Å²) in [5, 5.41) is 9.42. The zero-order chi connectivity index (χ0) is 22.4. The maximum absolute atomic E-state index is 10.8.